The van der Waals surface area contributed by atoms with Gasteiger partial charge in [-0.15, -0.1) is 0 Å². The van der Waals surface area contributed by atoms with E-state index in [0.717, 1.165) is 4.57 Å². The van der Waals surface area contributed by atoms with Crippen LogP contribution in [0.4, 0.5) is 0 Å². The molecule has 13 heteroatoms. The number of hydrogen-bond acceptors (Lipinski definition) is 8. The maximum Gasteiger partial charge on any atom is 0.332 e. The highest BCUT2D eigenvalue weighted by molar-refractivity contribution is 5.84. The summed E-state index contributed by atoms with van der Waals surface area (Å²) in [6, 6.07) is -2.33. The predicted molar refractivity (Wildman–Crippen MR) is 107 cm³/mol. The van der Waals surface area contributed by atoms with Gasteiger partial charge in [-0.2, -0.15) is 0 Å². The van der Waals surface area contributed by atoms with Gasteiger partial charge in [0.05, 0.1) is 30.5 Å². The lowest BCUT2D eigenvalue weighted by molar-refractivity contribution is -0.143. The number of aliphatic carboxylic acids is 1. The van der Waals surface area contributed by atoms with Gasteiger partial charge in [0.15, 0.2) is 11.2 Å². The van der Waals surface area contributed by atoms with Crippen molar-refractivity contribution in [3.63, 3.8) is 0 Å². The van der Waals surface area contributed by atoms with Gasteiger partial charge in [-0.05, 0) is 6.92 Å². The number of nitrogens with zero attached hydrogens (tertiary/aromatic N) is 5. The van der Waals surface area contributed by atoms with Gasteiger partial charge in [0, 0.05) is 33.6 Å². The second-order valence-corrected chi connectivity index (χ2v) is 8.21. The Bertz CT molecular complexity index is 1150. The van der Waals surface area contributed by atoms with Crippen molar-refractivity contribution >= 4 is 23.0 Å². The van der Waals surface area contributed by atoms with Gasteiger partial charge in [0.2, 0.25) is 5.91 Å². The molecule has 0 saturated carbocycles. The number of imidazole rings is 1. The number of hydrogen-bond donors (Lipinski definition) is 4. The van der Waals surface area contributed by atoms with Gasteiger partial charge in [0.1, 0.15) is 6.04 Å². The van der Waals surface area contributed by atoms with Gasteiger partial charge in [-0.1, -0.05) is 0 Å². The van der Waals surface area contributed by atoms with Crippen LogP contribution in [0.5, 0.6) is 0 Å². The smallest absolute Gasteiger partial charge is 0.332 e. The third-order valence-electron chi connectivity index (χ3n) is 5.76. The van der Waals surface area contributed by atoms with E-state index in [9.17, 15) is 29.4 Å². The largest absolute Gasteiger partial charge is 0.480 e. The average Bonchev–Trinajstić information content (AvgIpc) is 3.06. The maximum atomic E-state index is 12.8. The number of fused-ring (bicyclic) bond motifs is 1. The highest BCUT2D eigenvalue weighted by Crippen LogP contribution is 2.33. The molecular formula is C18H26N6O7. The summed E-state index contributed by atoms with van der Waals surface area (Å²) < 4.78 is 3.50. The van der Waals surface area contributed by atoms with Crippen LogP contribution >= 0.6 is 0 Å². The quantitative estimate of drug-likeness (QED) is 0.389. The summed E-state index contributed by atoms with van der Waals surface area (Å²) in [6.45, 7) is 1.20. The molecule has 1 saturated heterocycles. The third-order valence-corrected chi connectivity index (χ3v) is 5.76. The molecular weight excluding hydrogens is 412 g/mol. The number of rotatable bonds is 4. The standard InChI is InChI=1S/C18H26N6O7/c1-18(31)5-9(25)6-23(12(26)4-10(19)16(28)29)7-11(18)24-8-20-14-13(24)15(27)22(3)17(30)21(14)2/h8-11,25,31H,4-7,19H2,1-3H3,(H,28,29)/t9-,10+,11+,18+/m1/s1. The number of carbonyl (C=O) groups excluding carboxylic acids is 1. The Morgan fingerprint density at radius 3 is 2.55 bits per heavy atom. The fourth-order valence-electron chi connectivity index (χ4n) is 4.01. The molecule has 2 aromatic heterocycles. The van der Waals surface area contributed by atoms with Crippen LogP contribution in [0.25, 0.3) is 11.2 Å². The Hall–Kier alpha value is -3.03. The summed E-state index contributed by atoms with van der Waals surface area (Å²) in [5.41, 5.74) is 2.89. The van der Waals surface area contributed by atoms with E-state index in [2.05, 4.69) is 4.98 Å². The lowest BCUT2D eigenvalue weighted by atomic mass is 9.91. The number of aliphatic hydroxyl groups is 2. The Kier molecular flexibility index (Phi) is 5.78. The Labute approximate surface area is 175 Å². The Morgan fingerprint density at radius 1 is 1.29 bits per heavy atom. The van der Waals surface area contributed by atoms with Crippen molar-refractivity contribution in [2.45, 2.75) is 43.6 Å². The highest BCUT2D eigenvalue weighted by atomic mass is 16.4. The molecule has 5 N–H and O–H groups in total. The first kappa shape index (κ1) is 22.7. The molecule has 1 aliphatic rings. The van der Waals surface area contributed by atoms with Crippen molar-refractivity contribution in [1.29, 1.82) is 0 Å². The maximum absolute atomic E-state index is 12.8. The molecule has 3 heterocycles. The molecule has 3 rings (SSSR count). The molecule has 4 atom stereocenters. The Balaban J connectivity index is 2.10. The number of β-amino-alcohol motifs (C(OH)–C–C–N with tert-alkyl or cyclic N) is 1. The average molecular weight is 438 g/mol. The number of carboxylic acid groups (broad SMARTS) is 1. The minimum Gasteiger partial charge on any atom is -0.480 e. The van der Waals surface area contributed by atoms with Crippen LogP contribution < -0.4 is 17.0 Å². The zero-order chi connectivity index (χ0) is 23.2. The molecule has 13 nitrogen and oxygen atoms in total. The van der Waals surface area contributed by atoms with E-state index in [-0.39, 0.29) is 30.7 Å². The summed E-state index contributed by atoms with van der Waals surface area (Å²) in [5.74, 6) is -1.95. The van der Waals surface area contributed by atoms with Gasteiger partial charge in [0.25, 0.3) is 5.56 Å². The van der Waals surface area contributed by atoms with E-state index in [1.807, 2.05) is 0 Å². The first-order valence-corrected chi connectivity index (χ1v) is 9.64. The molecule has 0 spiro atoms. The summed E-state index contributed by atoms with van der Waals surface area (Å²) in [4.78, 5) is 54.1. The van der Waals surface area contributed by atoms with Gasteiger partial charge >= 0.3 is 11.7 Å². The van der Waals surface area contributed by atoms with Crippen molar-refractivity contribution in [3.8, 4) is 0 Å². The van der Waals surface area contributed by atoms with Gasteiger partial charge in [-0.3, -0.25) is 23.5 Å². The molecule has 0 radical (unpaired) electrons. The van der Waals surface area contributed by atoms with Crippen LogP contribution in [0.3, 0.4) is 0 Å². The van der Waals surface area contributed by atoms with E-state index in [0.29, 0.717) is 0 Å². The highest BCUT2D eigenvalue weighted by Gasteiger charge is 2.42. The molecule has 1 aliphatic heterocycles. The molecule has 2 aromatic rings. The van der Waals surface area contributed by atoms with E-state index < -0.39 is 53.3 Å². The van der Waals surface area contributed by atoms with E-state index in [4.69, 9.17) is 10.8 Å². The third kappa shape index (κ3) is 3.98. The number of amides is 1. The first-order valence-electron chi connectivity index (χ1n) is 9.64. The van der Waals surface area contributed by atoms with E-state index in [1.54, 1.807) is 0 Å². The van der Waals surface area contributed by atoms with Crippen LogP contribution in [0.15, 0.2) is 15.9 Å². The van der Waals surface area contributed by atoms with Crippen molar-refractivity contribution in [2.24, 2.45) is 19.8 Å². The second kappa shape index (κ2) is 7.90. The molecule has 1 fully saturated rings. The first-order chi connectivity index (χ1) is 14.3. The van der Waals surface area contributed by atoms with Crippen LogP contribution in [-0.2, 0) is 23.7 Å². The molecule has 0 unspecified atom stereocenters. The van der Waals surface area contributed by atoms with Crippen LogP contribution in [0.1, 0.15) is 25.8 Å². The summed E-state index contributed by atoms with van der Waals surface area (Å²) >= 11 is 0. The molecule has 0 bridgehead atoms. The number of likely N-dealkylation sites (tertiary alicyclic amines) is 1. The lowest BCUT2D eigenvalue weighted by Crippen LogP contribution is -2.45. The zero-order valence-electron chi connectivity index (χ0n) is 17.4. The van der Waals surface area contributed by atoms with E-state index >= 15 is 0 Å². The fourth-order valence-corrected chi connectivity index (χ4v) is 4.01. The molecule has 31 heavy (non-hydrogen) atoms. The summed E-state index contributed by atoms with van der Waals surface area (Å²) in [5, 5.41) is 30.5. The predicted octanol–water partition coefficient (Wildman–Crippen LogP) is -2.88. The summed E-state index contributed by atoms with van der Waals surface area (Å²) in [6.07, 6.45) is -0.392. The van der Waals surface area contributed by atoms with Crippen LogP contribution in [0.2, 0.25) is 0 Å². The lowest BCUT2D eigenvalue weighted by Gasteiger charge is -2.34. The molecule has 1 amide bonds. The topological polar surface area (TPSA) is 186 Å². The minimum absolute atomic E-state index is 0.0564. The number of aryl methyl sites for hydroxylation is 1. The normalized spacial score (nSPS) is 25.4. The van der Waals surface area contributed by atoms with Gasteiger partial charge < -0.3 is 30.5 Å². The fraction of sp³-hybridized carbons (Fsp3) is 0.611. The number of nitrogens with two attached hydrogens (primary N) is 1. The monoisotopic (exact) mass is 438 g/mol. The van der Waals surface area contributed by atoms with Crippen molar-refractivity contribution < 1.29 is 24.9 Å². The number of aromatic nitrogens is 4. The van der Waals surface area contributed by atoms with Crippen LogP contribution in [0, 0.1) is 0 Å². The van der Waals surface area contributed by atoms with Crippen molar-refractivity contribution in [2.75, 3.05) is 13.1 Å². The zero-order valence-corrected chi connectivity index (χ0v) is 17.4. The SMILES string of the molecule is Cn1c(=O)c2c(ncn2[C@H]2CN(C(=O)C[C@H](N)C(=O)O)C[C@H](O)C[C@]2(C)O)n(C)c1=O. The molecule has 0 aliphatic carbocycles. The number of aliphatic hydroxyl groups excluding tert-OH is 1. The molecule has 0 aromatic carbocycles. The summed E-state index contributed by atoms with van der Waals surface area (Å²) in [7, 11) is 2.78. The number of carbonyl (C=O) groups is 2. The van der Waals surface area contributed by atoms with E-state index in [1.165, 1.54) is 41.4 Å². The number of carboxylic acids is 1. The van der Waals surface area contributed by atoms with Crippen LogP contribution in [-0.4, -0.2) is 81.6 Å². The van der Waals surface area contributed by atoms with Crippen molar-refractivity contribution in [3.05, 3.63) is 27.2 Å². The minimum atomic E-state index is -1.56. The van der Waals surface area contributed by atoms with Crippen molar-refractivity contribution in [1.82, 2.24) is 23.6 Å². The Morgan fingerprint density at radius 2 is 1.94 bits per heavy atom. The van der Waals surface area contributed by atoms with Gasteiger partial charge in [-0.25, -0.2) is 9.78 Å². The molecule has 170 valence electrons. The second-order valence-electron chi connectivity index (χ2n) is 8.21.